The van der Waals surface area contributed by atoms with Crippen molar-refractivity contribution in [2.24, 2.45) is 0 Å². The summed E-state index contributed by atoms with van der Waals surface area (Å²) in [5.74, 6) is -0.758. The maximum absolute atomic E-state index is 11.5. The molecule has 1 aromatic rings. The van der Waals surface area contributed by atoms with Gasteiger partial charge in [-0.05, 0) is 22.0 Å². The van der Waals surface area contributed by atoms with Gasteiger partial charge in [-0.25, -0.2) is 0 Å². The second kappa shape index (κ2) is 4.81. The van der Waals surface area contributed by atoms with E-state index in [0.717, 1.165) is 12.3 Å². The Balaban J connectivity index is 3.22. The summed E-state index contributed by atoms with van der Waals surface area (Å²) < 4.78 is 27.5. The average molecular weight is 244 g/mol. The van der Waals surface area contributed by atoms with Crippen molar-refractivity contribution in [2.75, 3.05) is 6.61 Å². The molecule has 0 radical (unpaired) electrons. The van der Waals surface area contributed by atoms with E-state index >= 15 is 0 Å². The van der Waals surface area contributed by atoms with Crippen LogP contribution in [0.25, 0.3) is 0 Å². The Morgan fingerprint density at radius 2 is 2.31 bits per heavy atom. The van der Waals surface area contributed by atoms with Crippen LogP contribution in [0.1, 0.15) is 0 Å². The van der Waals surface area contributed by atoms with Crippen molar-refractivity contribution < 1.29 is 17.5 Å². The number of aromatic nitrogens is 1. The lowest BCUT2D eigenvalue weighted by Gasteiger charge is -2.03. The molecule has 0 fully saturated rings. The highest BCUT2D eigenvalue weighted by molar-refractivity contribution is 7.87. The third kappa shape index (κ3) is 2.61. The SMILES string of the molecule is C=CCOS(=O)(=O)c1cccnc1[N+](=O)[O-]. The minimum absolute atomic E-state index is 0.256. The van der Waals surface area contributed by atoms with Gasteiger partial charge < -0.3 is 10.1 Å². The highest BCUT2D eigenvalue weighted by atomic mass is 32.2. The third-order valence-corrected chi connectivity index (χ3v) is 2.84. The summed E-state index contributed by atoms with van der Waals surface area (Å²) in [5, 5.41) is 10.5. The second-order valence-electron chi connectivity index (χ2n) is 2.61. The number of nitro groups is 1. The van der Waals surface area contributed by atoms with Gasteiger partial charge in [-0.3, -0.25) is 4.18 Å². The van der Waals surface area contributed by atoms with E-state index in [4.69, 9.17) is 0 Å². The van der Waals surface area contributed by atoms with Crippen molar-refractivity contribution in [3.8, 4) is 0 Å². The molecule has 7 nitrogen and oxygen atoms in total. The molecule has 0 saturated heterocycles. The van der Waals surface area contributed by atoms with Crippen molar-refractivity contribution in [1.82, 2.24) is 4.98 Å². The van der Waals surface area contributed by atoms with E-state index in [9.17, 15) is 18.5 Å². The summed E-state index contributed by atoms with van der Waals surface area (Å²) in [6.45, 7) is 3.02. The zero-order valence-electron chi connectivity index (χ0n) is 8.07. The van der Waals surface area contributed by atoms with Crippen LogP contribution in [0, 0.1) is 10.1 Å². The van der Waals surface area contributed by atoms with Crippen LogP contribution in [-0.2, 0) is 14.3 Å². The third-order valence-electron chi connectivity index (χ3n) is 1.53. The van der Waals surface area contributed by atoms with Gasteiger partial charge in [0.15, 0.2) is 4.90 Å². The van der Waals surface area contributed by atoms with Gasteiger partial charge in [0.05, 0.1) is 6.61 Å². The zero-order valence-corrected chi connectivity index (χ0v) is 8.88. The zero-order chi connectivity index (χ0) is 12.2. The highest BCUT2D eigenvalue weighted by Crippen LogP contribution is 2.21. The molecule has 0 aliphatic heterocycles. The first kappa shape index (κ1) is 12.3. The lowest BCUT2D eigenvalue weighted by molar-refractivity contribution is -0.392. The maximum Gasteiger partial charge on any atom is 0.384 e. The summed E-state index contributed by atoms with van der Waals surface area (Å²) in [4.78, 5) is 12.5. The Kier molecular flexibility index (Phi) is 3.69. The Morgan fingerprint density at radius 3 is 2.88 bits per heavy atom. The number of pyridine rings is 1. The summed E-state index contributed by atoms with van der Waals surface area (Å²) >= 11 is 0. The van der Waals surface area contributed by atoms with E-state index < -0.39 is 25.8 Å². The molecule has 86 valence electrons. The fraction of sp³-hybridized carbons (Fsp3) is 0.125. The fourth-order valence-electron chi connectivity index (χ4n) is 0.916. The van der Waals surface area contributed by atoms with Gasteiger partial charge in [0.2, 0.25) is 0 Å². The van der Waals surface area contributed by atoms with Gasteiger partial charge in [-0.1, -0.05) is 6.08 Å². The smallest absolute Gasteiger partial charge is 0.358 e. The molecule has 0 aromatic carbocycles. The quantitative estimate of drug-likeness (QED) is 0.330. The van der Waals surface area contributed by atoms with E-state index in [-0.39, 0.29) is 6.61 Å². The van der Waals surface area contributed by atoms with E-state index in [2.05, 4.69) is 15.7 Å². The Morgan fingerprint density at radius 1 is 1.62 bits per heavy atom. The molecule has 0 amide bonds. The Hall–Kier alpha value is -1.80. The minimum Gasteiger partial charge on any atom is -0.358 e. The van der Waals surface area contributed by atoms with Crippen molar-refractivity contribution in [1.29, 1.82) is 0 Å². The summed E-state index contributed by atoms with van der Waals surface area (Å²) in [5.41, 5.74) is 0. The number of nitrogens with zero attached hydrogens (tertiary/aromatic N) is 2. The molecule has 0 N–H and O–H groups in total. The van der Waals surface area contributed by atoms with Crippen LogP contribution in [0.4, 0.5) is 5.82 Å². The molecule has 0 aliphatic rings. The van der Waals surface area contributed by atoms with Crippen molar-refractivity contribution in [3.63, 3.8) is 0 Å². The van der Waals surface area contributed by atoms with Crippen LogP contribution in [0.3, 0.4) is 0 Å². The normalized spacial score (nSPS) is 11.0. The van der Waals surface area contributed by atoms with Crippen molar-refractivity contribution >= 4 is 15.9 Å². The first-order chi connectivity index (χ1) is 7.49. The predicted molar refractivity (Wildman–Crippen MR) is 54.2 cm³/mol. The van der Waals surface area contributed by atoms with Gasteiger partial charge in [-0.2, -0.15) is 8.42 Å². The monoisotopic (exact) mass is 244 g/mol. The van der Waals surface area contributed by atoms with Gasteiger partial charge in [0.1, 0.15) is 6.20 Å². The van der Waals surface area contributed by atoms with Crippen LogP contribution in [0.5, 0.6) is 0 Å². The summed E-state index contributed by atoms with van der Waals surface area (Å²) in [7, 11) is -4.17. The molecule has 16 heavy (non-hydrogen) atoms. The lowest BCUT2D eigenvalue weighted by atomic mass is 10.5. The highest BCUT2D eigenvalue weighted by Gasteiger charge is 2.27. The van der Waals surface area contributed by atoms with Gasteiger partial charge in [-0.15, -0.1) is 6.58 Å². The predicted octanol–water partition coefficient (Wildman–Crippen LogP) is 0.881. The topological polar surface area (TPSA) is 99.4 Å². The second-order valence-corrected chi connectivity index (χ2v) is 4.19. The molecular formula is C8H8N2O5S. The molecule has 0 atom stereocenters. The van der Waals surface area contributed by atoms with Gasteiger partial charge >= 0.3 is 15.9 Å². The number of hydrogen-bond donors (Lipinski definition) is 0. The van der Waals surface area contributed by atoms with E-state index in [1.54, 1.807) is 0 Å². The minimum atomic E-state index is -4.17. The van der Waals surface area contributed by atoms with Crippen LogP contribution >= 0.6 is 0 Å². The standard InChI is InChI=1S/C8H8N2O5S/c1-2-6-15-16(13,14)7-4-3-5-9-8(7)10(11)12/h2-5H,1,6H2. The first-order valence-electron chi connectivity index (χ1n) is 4.09. The Bertz CT molecular complexity index is 511. The average Bonchev–Trinajstić information content (AvgIpc) is 2.26. The first-order valence-corrected chi connectivity index (χ1v) is 5.49. The molecule has 1 rings (SSSR count). The molecule has 0 aliphatic carbocycles. The van der Waals surface area contributed by atoms with Crippen LogP contribution in [0.2, 0.25) is 0 Å². The van der Waals surface area contributed by atoms with E-state index in [0.29, 0.717) is 0 Å². The number of hydrogen-bond acceptors (Lipinski definition) is 6. The largest absolute Gasteiger partial charge is 0.384 e. The van der Waals surface area contributed by atoms with Crippen LogP contribution in [-0.4, -0.2) is 24.9 Å². The van der Waals surface area contributed by atoms with E-state index in [1.165, 1.54) is 12.1 Å². The summed E-state index contributed by atoms with van der Waals surface area (Å²) in [6.07, 6.45) is 2.35. The van der Waals surface area contributed by atoms with Gasteiger partial charge in [0.25, 0.3) is 0 Å². The van der Waals surface area contributed by atoms with Crippen molar-refractivity contribution in [2.45, 2.75) is 4.90 Å². The van der Waals surface area contributed by atoms with Crippen LogP contribution < -0.4 is 0 Å². The maximum atomic E-state index is 11.5. The molecular weight excluding hydrogens is 236 g/mol. The lowest BCUT2D eigenvalue weighted by Crippen LogP contribution is -2.09. The molecule has 1 heterocycles. The number of rotatable bonds is 5. The van der Waals surface area contributed by atoms with E-state index in [1.807, 2.05) is 0 Å². The summed E-state index contributed by atoms with van der Waals surface area (Å²) in [6, 6.07) is 2.33. The molecule has 0 saturated carbocycles. The molecule has 0 bridgehead atoms. The molecule has 1 aromatic heterocycles. The molecule has 0 unspecified atom stereocenters. The van der Waals surface area contributed by atoms with Crippen molar-refractivity contribution in [3.05, 3.63) is 41.1 Å². The molecule has 8 heteroatoms. The Labute approximate surface area is 91.7 Å². The van der Waals surface area contributed by atoms with Crippen LogP contribution in [0.15, 0.2) is 35.9 Å². The fourth-order valence-corrected chi connectivity index (χ4v) is 1.91. The van der Waals surface area contributed by atoms with Gasteiger partial charge in [0, 0.05) is 0 Å². The molecule has 0 spiro atoms.